The van der Waals surface area contributed by atoms with Crippen molar-refractivity contribution in [2.75, 3.05) is 0 Å². The maximum absolute atomic E-state index is 11.5. The summed E-state index contributed by atoms with van der Waals surface area (Å²) >= 11 is 0. The Hall–Kier alpha value is -4.53. The molecule has 188 valence electrons. The molecule has 2 heterocycles. The Bertz CT molecular complexity index is 2060. The third-order valence-corrected chi connectivity index (χ3v) is 8.45. The highest BCUT2D eigenvalue weighted by atomic mass is 16.3. The fraction of sp³-hybridized carbons (Fsp3) is 0.111. The molecular formula is C27H25B3N2O6. The molecule has 0 unspecified atom stereocenters. The number of benzene rings is 4. The summed E-state index contributed by atoms with van der Waals surface area (Å²) < 4.78 is 3.19. The van der Waals surface area contributed by atoms with Crippen LogP contribution in [0.25, 0.3) is 49.3 Å². The highest BCUT2D eigenvalue weighted by Gasteiger charge is 2.31. The molecule has 4 aromatic carbocycles. The lowest BCUT2D eigenvalue weighted by Crippen LogP contribution is -2.26. The van der Waals surface area contributed by atoms with Crippen molar-refractivity contribution in [2.24, 2.45) is 7.05 Å². The molecule has 6 N–H and O–H groups in total. The van der Waals surface area contributed by atoms with E-state index in [1.54, 1.807) is 27.3 Å². The second-order valence-corrected chi connectivity index (χ2v) is 10.1. The van der Waals surface area contributed by atoms with Crippen molar-refractivity contribution >= 4 is 83.5 Å². The number of aromatic hydroxyl groups is 6. The zero-order valence-electron chi connectivity index (χ0n) is 21.9. The van der Waals surface area contributed by atoms with E-state index in [1.165, 1.54) is 4.57 Å². The van der Waals surface area contributed by atoms with E-state index < -0.39 is 17.2 Å². The van der Waals surface area contributed by atoms with Crippen LogP contribution in [-0.4, -0.2) is 63.3 Å². The van der Waals surface area contributed by atoms with E-state index in [-0.39, 0.29) is 34.0 Å². The van der Waals surface area contributed by atoms with Gasteiger partial charge in [0.25, 0.3) is 0 Å². The molecule has 0 saturated heterocycles. The summed E-state index contributed by atoms with van der Waals surface area (Å²) in [6.07, 6.45) is 0. The van der Waals surface area contributed by atoms with Gasteiger partial charge in [0.2, 0.25) is 5.75 Å². The highest BCUT2D eigenvalue weighted by Crippen LogP contribution is 2.53. The Balaban J connectivity index is 2.03. The first-order chi connectivity index (χ1) is 17.9. The first-order valence-corrected chi connectivity index (χ1v) is 12.2. The van der Waals surface area contributed by atoms with Crippen LogP contribution < -0.4 is 16.4 Å². The van der Waals surface area contributed by atoms with Crippen molar-refractivity contribution in [3.8, 4) is 40.2 Å². The second kappa shape index (κ2) is 7.50. The van der Waals surface area contributed by atoms with Crippen molar-refractivity contribution in [3.63, 3.8) is 0 Å². The number of hydrogen-bond donors (Lipinski definition) is 6. The van der Waals surface area contributed by atoms with Crippen LogP contribution in [0.4, 0.5) is 0 Å². The van der Waals surface area contributed by atoms with Gasteiger partial charge in [0.1, 0.15) is 35.0 Å². The molecule has 11 heteroatoms. The largest absolute Gasteiger partial charge is 0.506 e. The van der Waals surface area contributed by atoms with E-state index in [0.29, 0.717) is 38.2 Å². The number of phenols is 6. The molecule has 0 aliphatic carbocycles. The SMILES string of the molecule is Bc1c(O)c(O)c2c(c1B)c1c(-n3c4ccccc4c4c(C)c(C)c(B)c(O)c43)c(O)c(O)c(O)c1n2C. The molecule has 6 aromatic rings. The summed E-state index contributed by atoms with van der Waals surface area (Å²) in [5.41, 5.74) is 5.30. The second-order valence-electron chi connectivity index (χ2n) is 10.1. The van der Waals surface area contributed by atoms with Crippen molar-refractivity contribution in [1.29, 1.82) is 0 Å². The average molecular weight is 506 g/mol. The maximum Gasteiger partial charge on any atom is 0.204 e. The minimum absolute atomic E-state index is 0.0352. The van der Waals surface area contributed by atoms with Crippen LogP contribution in [0.1, 0.15) is 11.1 Å². The lowest BCUT2D eigenvalue weighted by Gasteiger charge is -2.17. The highest BCUT2D eigenvalue weighted by molar-refractivity contribution is 6.56. The van der Waals surface area contributed by atoms with Gasteiger partial charge in [-0.15, -0.1) is 0 Å². The molecule has 0 radical (unpaired) electrons. The van der Waals surface area contributed by atoms with Crippen LogP contribution in [0, 0.1) is 13.8 Å². The lowest BCUT2D eigenvalue weighted by atomic mass is 9.77. The van der Waals surface area contributed by atoms with Crippen molar-refractivity contribution in [3.05, 3.63) is 35.4 Å². The van der Waals surface area contributed by atoms with Crippen LogP contribution in [-0.2, 0) is 7.05 Å². The molecule has 0 aliphatic rings. The van der Waals surface area contributed by atoms with Crippen molar-refractivity contribution in [2.45, 2.75) is 13.8 Å². The van der Waals surface area contributed by atoms with Crippen LogP contribution in [0.3, 0.4) is 0 Å². The Kier molecular flexibility index (Phi) is 4.71. The van der Waals surface area contributed by atoms with Gasteiger partial charge in [0, 0.05) is 28.6 Å². The van der Waals surface area contributed by atoms with E-state index >= 15 is 0 Å². The minimum Gasteiger partial charge on any atom is -0.506 e. The maximum atomic E-state index is 11.5. The zero-order valence-corrected chi connectivity index (χ0v) is 21.9. The first-order valence-electron chi connectivity index (χ1n) is 12.2. The molecule has 0 spiro atoms. The van der Waals surface area contributed by atoms with E-state index in [2.05, 4.69) is 0 Å². The molecule has 0 fully saturated rings. The van der Waals surface area contributed by atoms with Crippen LogP contribution in [0.5, 0.6) is 34.5 Å². The number of aromatic nitrogens is 2. The molecule has 38 heavy (non-hydrogen) atoms. The molecule has 0 aliphatic heterocycles. The van der Waals surface area contributed by atoms with Crippen molar-refractivity contribution in [1.82, 2.24) is 9.13 Å². The van der Waals surface area contributed by atoms with E-state index in [1.807, 2.05) is 46.0 Å². The van der Waals surface area contributed by atoms with Gasteiger partial charge in [-0.25, -0.2) is 0 Å². The van der Waals surface area contributed by atoms with Gasteiger partial charge in [-0.05, 0) is 36.4 Å². The molecule has 0 atom stereocenters. The van der Waals surface area contributed by atoms with Crippen LogP contribution in [0.15, 0.2) is 24.3 Å². The van der Waals surface area contributed by atoms with Gasteiger partial charge in [-0.1, -0.05) is 29.2 Å². The van der Waals surface area contributed by atoms with Gasteiger partial charge >= 0.3 is 0 Å². The summed E-state index contributed by atoms with van der Waals surface area (Å²) in [4.78, 5) is 0. The predicted octanol–water partition coefficient (Wildman–Crippen LogP) is 0.0542. The molecule has 8 nitrogen and oxygen atoms in total. The third-order valence-electron chi connectivity index (χ3n) is 8.45. The van der Waals surface area contributed by atoms with E-state index in [0.717, 1.165) is 21.9 Å². The molecule has 0 amide bonds. The molecule has 0 saturated carbocycles. The first kappa shape index (κ1) is 23.8. The Morgan fingerprint density at radius 3 is 1.87 bits per heavy atom. The van der Waals surface area contributed by atoms with Crippen LogP contribution in [0.2, 0.25) is 0 Å². The number of nitrogens with zero attached hydrogens (tertiary/aromatic N) is 2. The Morgan fingerprint density at radius 1 is 0.579 bits per heavy atom. The average Bonchev–Trinajstić information content (AvgIpc) is 3.40. The number of para-hydroxylation sites is 1. The molecule has 0 bridgehead atoms. The van der Waals surface area contributed by atoms with E-state index in [9.17, 15) is 30.6 Å². The molecule has 2 aromatic heterocycles. The monoisotopic (exact) mass is 506 g/mol. The summed E-state index contributed by atoms with van der Waals surface area (Å²) in [6, 6.07) is 7.54. The van der Waals surface area contributed by atoms with E-state index in [4.69, 9.17) is 0 Å². The number of hydrogen-bond acceptors (Lipinski definition) is 6. The number of aryl methyl sites for hydroxylation is 2. The smallest absolute Gasteiger partial charge is 0.204 e. The Morgan fingerprint density at radius 2 is 1.18 bits per heavy atom. The van der Waals surface area contributed by atoms with Gasteiger partial charge in [0.05, 0.1) is 22.1 Å². The standard InChI is InChI=1S/C27H25B3N2O6/c1-8-9(2)15(28)22(33)20-12(8)10-6-4-5-7-11(10)32(20)21-14-13-16(29)17(30)23(34)24(35)18(13)31(3)19(14)25(36)27(38)26(21)37/h4-7,33-38H,28-30H2,1-3H3. The molecule has 6 rings (SSSR count). The number of fused-ring (bicyclic) bond motifs is 6. The Labute approximate surface area is 219 Å². The minimum atomic E-state index is -0.734. The molecular weight excluding hydrogens is 481 g/mol. The summed E-state index contributed by atoms with van der Waals surface area (Å²) in [7, 11) is 6.88. The zero-order chi connectivity index (χ0) is 27.5. The van der Waals surface area contributed by atoms with Gasteiger partial charge < -0.3 is 39.8 Å². The summed E-state index contributed by atoms with van der Waals surface area (Å²) in [5.74, 6) is -2.50. The quantitative estimate of drug-likeness (QED) is 0.138. The van der Waals surface area contributed by atoms with Crippen LogP contribution >= 0.6 is 0 Å². The normalized spacial score (nSPS) is 12.0. The topological polar surface area (TPSA) is 131 Å². The fourth-order valence-corrected chi connectivity index (χ4v) is 6.06. The van der Waals surface area contributed by atoms with Gasteiger partial charge in [-0.3, -0.25) is 0 Å². The predicted molar refractivity (Wildman–Crippen MR) is 159 cm³/mol. The number of rotatable bonds is 1. The van der Waals surface area contributed by atoms with Gasteiger partial charge in [0.15, 0.2) is 23.0 Å². The third kappa shape index (κ3) is 2.58. The lowest BCUT2D eigenvalue weighted by molar-refractivity contribution is 0.370. The van der Waals surface area contributed by atoms with Crippen molar-refractivity contribution < 1.29 is 30.6 Å². The number of phenolic OH excluding ortho intramolecular Hbond substituents is 6. The van der Waals surface area contributed by atoms with Gasteiger partial charge in [-0.2, -0.15) is 0 Å². The summed E-state index contributed by atoms with van der Waals surface area (Å²) in [6.45, 7) is 3.93. The fourth-order valence-electron chi connectivity index (χ4n) is 6.06. The summed E-state index contributed by atoms with van der Waals surface area (Å²) in [5, 5.41) is 69.0.